The highest BCUT2D eigenvalue weighted by Gasteiger charge is 2.31. The Hall–Kier alpha value is -1.52. The number of hydrogen-bond acceptors (Lipinski definition) is 2. The van der Waals surface area contributed by atoms with Gasteiger partial charge >= 0.3 is 12.1 Å². The minimum atomic E-state index is -4.36. The van der Waals surface area contributed by atoms with Crippen LogP contribution in [-0.2, 0) is 15.7 Å². The first-order valence-corrected chi connectivity index (χ1v) is 6.36. The van der Waals surface area contributed by atoms with Crippen molar-refractivity contribution in [2.75, 3.05) is 6.61 Å². The molecular formula is C15H19F3O2. The second-order valence-corrected chi connectivity index (χ2v) is 5.87. The van der Waals surface area contributed by atoms with Gasteiger partial charge in [0.15, 0.2) is 0 Å². The molecule has 0 fully saturated rings. The lowest BCUT2D eigenvalue weighted by molar-refractivity contribution is -0.153. The molecule has 112 valence electrons. The molecule has 20 heavy (non-hydrogen) atoms. The zero-order valence-electron chi connectivity index (χ0n) is 12.0. The number of esters is 1. The second-order valence-electron chi connectivity index (χ2n) is 5.87. The zero-order valence-corrected chi connectivity index (χ0v) is 12.0. The summed E-state index contributed by atoms with van der Waals surface area (Å²) in [7, 11) is 0. The van der Waals surface area contributed by atoms with Crippen LogP contribution < -0.4 is 0 Å². The molecule has 0 saturated heterocycles. The van der Waals surface area contributed by atoms with Crippen LogP contribution in [0.5, 0.6) is 0 Å². The summed E-state index contributed by atoms with van der Waals surface area (Å²) >= 11 is 0. The number of ether oxygens (including phenoxy) is 1. The maximum atomic E-state index is 12.6. The molecule has 0 bridgehead atoms. The first-order valence-electron chi connectivity index (χ1n) is 6.36. The lowest BCUT2D eigenvalue weighted by Crippen LogP contribution is -2.24. The number of alkyl halides is 3. The summed E-state index contributed by atoms with van der Waals surface area (Å²) in [6.45, 7) is 6.97. The van der Waals surface area contributed by atoms with E-state index in [0.717, 1.165) is 12.1 Å². The first-order chi connectivity index (χ1) is 9.01. The second kappa shape index (κ2) is 5.85. The fourth-order valence-corrected chi connectivity index (χ4v) is 1.53. The Morgan fingerprint density at radius 2 is 1.85 bits per heavy atom. The normalized spacial score (nSPS) is 13.9. The van der Waals surface area contributed by atoms with Gasteiger partial charge in [-0.15, -0.1) is 0 Å². The van der Waals surface area contributed by atoms with Crippen molar-refractivity contribution in [1.29, 1.82) is 0 Å². The largest absolute Gasteiger partial charge is 0.465 e. The molecule has 0 aliphatic rings. The number of carbonyl (C=O) groups is 1. The predicted octanol–water partition coefficient (Wildman–Crippen LogP) is 4.40. The number of carbonyl (C=O) groups excluding carboxylic acids is 1. The van der Waals surface area contributed by atoms with Crippen LogP contribution in [-0.4, -0.2) is 12.6 Å². The van der Waals surface area contributed by atoms with E-state index in [1.807, 2.05) is 0 Å². The maximum Gasteiger partial charge on any atom is 0.416 e. The van der Waals surface area contributed by atoms with E-state index in [9.17, 15) is 18.0 Å². The average molecular weight is 288 g/mol. The predicted molar refractivity (Wildman–Crippen MR) is 70.3 cm³/mol. The van der Waals surface area contributed by atoms with E-state index in [2.05, 4.69) is 0 Å². The highest BCUT2D eigenvalue weighted by Crippen LogP contribution is 2.31. The van der Waals surface area contributed by atoms with Crippen LogP contribution in [0.1, 0.15) is 44.7 Å². The van der Waals surface area contributed by atoms with Crippen LogP contribution in [0.3, 0.4) is 0 Å². The van der Waals surface area contributed by atoms with Gasteiger partial charge in [-0.3, -0.25) is 4.79 Å². The van der Waals surface area contributed by atoms with Gasteiger partial charge in [-0.1, -0.05) is 25.1 Å². The minimum absolute atomic E-state index is 0.0669. The molecule has 1 unspecified atom stereocenters. The average Bonchev–Trinajstić information content (AvgIpc) is 2.33. The van der Waals surface area contributed by atoms with E-state index >= 15 is 0 Å². The molecule has 1 aromatic carbocycles. The van der Waals surface area contributed by atoms with Crippen molar-refractivity contribution in [2.45, 2.75) is 39.8 Å². The molecule has 0 saturated carbocycles. The summed E-state index contributed by atoms with van der Waals surface area (Å²) in [6.07, 6.45) is -4.36. The van der Waals surface area contributed by atoms with Crippen molar-refractivity contribution in [3.63, 3.8) is 0 Å². The van der Waals surface area contributed by atoms with Crippen molar-refractivity contribution >= 4 is 5.97 Å². The van der Waals surface area contributed by atoms with E-state index in [4.69, 9.17) is 4.74 Å². The minimum Gasteiger partial charge on any atom is -0.465 e. The topological polar surface area (TPSA) is 26.3 Å². The quantitative estimate of drug-likeness (QED) is 0.771. The van der Waals surface area contributed by atoms with Gasteiger partial charge in [0.2, 0.25) is 0 Å². The Morgan fingerprint density at radius 3 is 2.35 bits per heavy atom. The monoisotopic (exact) mass is 288 g/mol. The van der Waals surface area contributed by atoms with Crippen LogP contribution in [0.15, 0.2) is 24.3 Å². The van der Waals surface area contributed by atoms with Gasteiger partial charge in [0.05, 0.1) is 17.6 Å². The molecule has 0 amide bonds. The Kier molecular flexibility index (Phi) is 4.84. The van der Waals surface area contributed by atoms with E-state index in [1.165, 1.54) is 6.07 Å². The number of halogens is 3. The lowest BCUT2D eigenvalue weighted by atomic mass is 9.97. The lowest BCUT2D eigenvalue weighted by Gasteiger charge is -2.19. The standard InChI is InChI=1S/C15H19F3O2/c1-10(9-20-13(19)14(2,3)4)11-6-5-7-12(8-11)15(16,17)18/h5-8,10H,9H2,1-4H3. The fraction of sp³-hybridized carbons (Fsp3) is 0.533. The number of hydrogen-bond donors (Lipinski definition) is 0. The van der Waals surface area contributed by atoms with Crippen LogP contribution in [0.25, 0.3) is 0 Å². The third-order valence-corrected chi connectivity index (χ3v) is 2.86. The Morgan fingerprint density at radius 1 is 1.25 bits per heavy atom. The molecule has 1 aromatic rings. The molecule has 0 heterocycles. The van der Waals surface area contributed by atoms with Crippen molar-refractivity contribution in [3.05, 3.63) is 35.4 Å². The Bertz CT molecular complexity index is 473. The molecular weight excluding hydrogens is 269 g/mol. The summed E-state index contributed by atoms with van der Waals surface area (Å²) in [6, 6.07) is 5.08. The van der Waals surface area contributed by atoms with Gasteiger partial charge in [0, 0.05) is 5.92 Å². The van der Waals surface area contributed by atoms with E-state index in [1.54, 1.807) is 33.8 Å². The van der Waals surface area contributed by atoms with Gasteiger partial charge in [-0.2, -0.15) is 13.2 Å². The van der Waals surface area contributed by atoms with Gasteiger partial charge in [0.1, 0.15) is 0 Å². The van der Waals surface area contributed by atoms with Crippen molar-refractivity contribution in [3.8, 4) is 0 Å². The summed E-state index contributed by atoms with van der Waals surface area (Å²) in [5.74, 6) is -0.653. The van der Waals surface area contributed by atoms with Gasteiger partial charge < -0.3 is 4.74 Å². The third-order valence-electron chi connectivity index (χ3n) is 2.86. The van der Waals surface area contributed by atoms with Crippen molar-refractivity contribution < 1.29 is 22.7 Å². The summed E-state index contributed by atoms with van der Waals surface area (Å²) in [5, 5.41) is 0. The van der Waals surface area contributed by atoms with Crippen molar-refractivity contribution in [1.82, 2.24) is 0 Å². The van der Waals surface area contributed by atoms with Crippen LogP contribution in [0, 0.1) is 5.41 Å². The molecule has 0 aromatic heterocycles. The molecule has 0 radical (unpaired) electrons. The molecule has 0 aliphatic heterocycles. The fourth-order valence-electron chi connectivity index (χ4n) is 1.53. The van der Waals surface area contributed by atoms with E-state index in [-0.39, 0.29) is 18.5 Å². The zero-order chi connectivity index (χ0) is 15.6. The molecule has 0 aliphatic carbocycles. The third kappa shape index (κ3) is 4.54. The smallest absolute Gasteiger partial charge is 0.416 e. The molecule has 1 atom stereocenters. The Balaban J connectivity index is 2.74. The maximum absolute atomic E-state index is 12.6. The highest BCUT2D eigenvalue weighted by atomic mass is 19.4. The summed E-state index contributed by atoms with van der Waals surface area (Å²) in [4.78, 5) is 11.6. The Labute approximate surface area is 116 Å². The SMILES string of the molecule is CC(COC(=O)C(C)(C)C)c1cccc(C(F)(F)F)c1. The van der Waals surface area contributed by atoms with E-state index < -0.39 is 17.2 Å². The molecule has 0 N–H and O–H groups in total. The molecule has 1 rings (SSSR count). The van der Waals surface area contributed by atoms with Gasteiger partial charge in [-0.05, 0) is 32.4 Å². The van der Waals surface area contributed by atoms with Gasteiger partial charge in [-0.25, -0.2) is 0 Å². The van der Waals surface area contributed by atoms with E-state index in [0.29, 0.717) is 5.56 Å². The molecule has 0 spiro atoms. The number of benzene rings is 1. The van der Waals surface area contributed by atoms with Crippen molar-refractivity contribution in [2.24, 2.45) is 5.41 Å². The number of rotatable bonds is 3. The van der Waals surface area contributed by atoms with Crippen LogP contribution in [0.2, 0.25) is 0 Å². The highest BCUT2D eigenvalue weighted by molar-refractivity contribution is 5.75. The summed E-state index contributed by atoms with van der Waals surface area (Å²) in [5.41, 5.74) is -0.807. The van der Waals surface area contributed by atoms with Crippen LogP contribution >= 0.6 is 0 Å². The van der Waals surface area contributed by atoms with Crippen LogP contribution in [0.4, 0.5) is 13.2 Å². The van der Waals surface area contributed by atoms with Gasteiger partial charge in [0.25, 0.3) is 0 Å². The summed E-state index contributed by atoms with van der Waals surface area (Å²) < 4.78 is 43.0. The molecule has 2 nitrogen and oxygen atoms in total. The first kappa shape index (κ1) is 16.5. The molecule has 5 heteroatoms.